The molecule has 7 heteroatoms. The van der Waals surface area contributed by atoms with Crippen molar-refractivity contribution in [3.05, 3.63) is 47.9 Å². The van der Waals surface area contributed by atoms with Gasteiger partial charge in [-0.2, -0.15) is 0 Å². The minimum absolute atomic E-state index is 0.0376. The van der Waals surface area contributed by atoms with Crippen molar-refractivity contribution in [2.45, 2.75) is 31.1 Å². The van der Waals surface area contributed by atoms with Crippen molar-refractivity contribution >= 4 is 23.3 Å². The van der Waals surface area contributed by atoms with Gasteiger partial charge in [-0.05, 0) is 37.3 Å². The molecule has 0 aliphatic carbocycles. The van der Waals surface area contributed by atoms with Crippen LogP contribution < -0.4 is 10.2 Å². The fraction of sp³-hybridized carbons (Fsp3) is 0.429. The fourth-order valence-electron chi connectivity index (χ4n) is 4.68. The quantitative estimate of drug-likeness (QED) is 0.868. The SMILES string of the molecule is O=C(c1cncc(N2CCC3(CC2)C(=O)Nc2ccccc23)n1)N1CCCC1. The number of benzene rings is 1. The largest absolute Gasteiger partial charge is 0.355 e. The predicted molar refractivity (Wildman–Crippen MR) is 105 cm³/mol. The van der Waals surface area contributed by atoms with Crippen molar-refractivity contribution in [1.29, 1.82) is 0 Å². The lowest BCUT2D eigenvalue weighted by molar-refractivity contribution is -0.121. The number of hydrogen-bond donors (Lipinski definition) is 1. The molecule has 0 unspecified atom stereocenters. The lowest BCUT2D eigenvalue weighted by Crippen LogP contribution is -2.46. The molecule has 144 valence electrons. The average molecular weight is 377 g/mol. The van der Waals surface area contributed by atoms with E-state index in [1.165, 1.54) is 0 Å². The van der Waals surface area contributed by atoms with Gasteiger partial charge < -0.3 is 15.1 Å². The van der Waals surface area contributed by atoms with Gasteiger partial charge in [0.1, 0.15) is 11.5 Å². The zero-order chi connectivity index (χ0) is 19.1. The molecule has 2 saturated heterocycles. The number of fused-ring (bicyclic) bond motifs is 2. The van der Waals surface area contributed by atoms with Crippen LogP contribution in [0.25, 0.3) is 0 Å². The number of carbonyl (C=O) groups is 2. The Labute approximate surface area is 163 Å². The Kier molecular flexibility index (Phi) is 4.03. The first-order chi connectivity index (χ1) is 13.7. The second kappa shape index (κ2) is 6.58. The number of nitrogens with one attached hydrogen (secondary N) is 1. The van der Waals surface area contributed by atoms with Crippen molar-refractivity contribution in [2.24, 2.45) is 0 Å². The second-order valence-electron chi connectivity index (χ2n) is 7.83. The molecule has 0 saturated carbocycles. The number of likely N-dealkylation sites (tertiary alicyclic amines) is 1. The van der Waals surface area contributed by atoms with Crippen LogP contribution >= 0.6 is 0 Å². The lowest BCUT2D eigenvalue weighted by atomic mass is 9.74. The van der Waals surface area contributed by atoms with Crippen LogP contribution in [0.2, 0.25) is 0 Å². The summed E-state index contributed by atoms with van der Waals surface area (Å²) in [5, 5.41) is 3.03. The van der Waals surface area contributed by atoms with Gasteiger partial charge in [-0.3, -0.25) is 14.6 Å². The summed E-state index contributed by atoms with van der Waals surface area (Å²) >= 11 is 0. The van der Waals surface area contributed by atoms with Crippen LogP contribution in [0.1, 0.15) is 41.7 Å². The highest BCUT2D eigenvalue weighted by molar-refractivity contribution is 6.06. The first kappa shape index (κ1) is 17.2. The molecule has 2 fully saturated rings. The number of carbonyl (C=O) groups excluding carboxylic acids is 2. The third-order valence-corrected chi connectivity index (χ3v) is 6.30. The summed E-state index contributed by atoms with van der Waals surface area (Å²) < 4.78 is 0. The summed E-state index contributed by atoms with van der Waals surface area (Å²) in [5.41, 5.74) is 1.98. The monoisotopic (exact) mass is 377 g/mol. The number of para-hydroxylation sites is 1. The number of hydrogen-bond acceptors (Lipinski definition) is 5. The molecule has 0 bridgehead atoms. The van der Waals surface area contributed by atoms with E-state index < -0.39 is 5.41 Å². The van der Waals surface area contributed by atoms with Crippen LogP contribution in [-0.4, -0.2) is 52.9 Å². The Hall–Kier alpha value is -2.96. The maximum absolute atomic E-state index is 12.7. The van der Waals surface area contributed by atoms with E-state index in [1.807, 2.05) is 23.1 Å². The number of amides is 2. The topological polar surface area (TPSA) is 78.4 Å². The van der Waals surface area contributed by atoms with E-state index >= 15 is 0 Å². The number of nitrogens with zero attached hydrogens (tertiary/aromatic N) is 4. The molecule has 7 nitrogen and oxygen atoms in total. The first-order valence-corrected chi connectivity index (χ1v) is 9.95. The van der Waals surface area contributed by atoms with Crippen LogP contribution in [0, 0.1) is 0 Å². The van der Waals surface area contributed by atoms with Gasteiger partial charge in [0.05, 0.1) is 17.8 Å². The third-order valence-electron chi connectivity index (χ3n) is 6.30. The standard InChI is InChI=1S/C21H23N5O2/c27-19(26-9-3-4-10-26)17-13-22-14-18(23-17)25-11-7-21(8-12-25)15-5-1-2-6-16(15)24-20(21)28/h1-2,5-6,13-14H,3-4,7-12H2,(H,24,28). The molecule has 1 aromatic carbocycles. The molecule has 0 atom stereocenters. The Morgan fingerprint density at radius 3 is 2.57 bits per heavy atom. The van der Waals surface area contributed by atoms with Gasteiger partial charge in [-0.15, -0.1) is 0 Å². The van der Waals surface area contributed by atoms with Crippen molar-refractivity contribution in [2.75, 3.05) is 36.4 Å². The molecule has 2 amide bonds. The van der Waals surface area contributed by atoms with E-state index in [-0.39, 0.29) is 11.8 Å². The first-order valence-electron chi connectivity index (χ1n) is 9.95. The summed E-state index contributed by atoms with van der Waals surface area (Å²) in [7, 11) is 0. The number of rotatable bonds is 2. The highest BCUT2D eigenvalue weighted by Crippen LogP contribution is 2.45. The maximum atomic E-state index is 12.7. The van der Waals surface area contributed by atoms with E-state index in [1.54, 1.807) is 12.4 Å². The molecule has 28 heavy (non-hydrogen) atoms. The zero-order valence-corrected chi connectivity index (χ0v) is 15.7. The van der Waals surface area contributed by atoms with Gasteiger partial charge in [0, 0.05) is 31.9 Å². The molecule has 3 aliphatic rings. The summed E-state index contributed by atoms with van der Waals surface area (Å²) in [4.78, 5) is 38.2. The van der Waals surface area contributed by atoms with E-state index in [4.69, 9.17) is 0 Å². The van der Waals surface area contributed by atoms with Crippen molar-refractivity contribution in [3.8, 4) is 0 Å². The fourth-order valence-corrected chi connectivity index (χ4v) is 4.68. The van der Waals surface area contributed by atoms with Crippen LogP contribution in [0.3, 0.4) is 0 Å². The summed E-state index contributed by atoms with van der Waals surface area (Å²) in [6.07, 6.45) is 6.81. The van der Waals surface area contributed by atoms with Crippen molar-refractivity contribution in [1.82, 2.24) is 14.9 Å². The molecule has 3 aliphatic heterocycles. The van der Waals surface area contributed by atoms with E-state index in [2.05, 4.69) is 26.3 Å². The van der Waals surface area contributed by atoms with Crippen LogP contribution in [0.4, 0.5) is 11.5 Å². The lowest BCUT2D eigenvalue weighted by Gasteiger charge is -2.38. The highest BCUT2D eigenvalue weighted by atomic mass is 16.2. The molecule has 1 N–H and O–H groups in total. The predicted octanol–water partition coefficient (Wildman–Crippen LogP) is 2.20. The Morgan fingerprint density at radius 1 is 1.04 bits per heavy atom. The summed E-state index contributed by atoms with van der Waals surface area (Å²) in [6.45, 7) is 3.01. The third kappa shape index (κ3) is 2.65. The van der Waals surface area contributed by atoms with E-state index in [0.29, 0.717) is 24.6 Å². The summed E-state index contributed by atoms with van der Waals surface area (Å²) in [6, 6.07) is 7.96. The molecule has 4 heterocycles. The second-order valence-corrected chi connectivity index (χ2v) is 7.83. The number of aromatic nitrogens is 2. The normalized spacial score (nSPS) is 20.4. The Bertz CT molecular complexity index is 930. The maximum Gasteiger partial charge on any atom is 0.274 e. The van der Waals surface area contributed by atoms with Crippen molar-refractivity contribution < 1.29 is 9.59 Å². The van der Waals surface area contributed by atoms with Gasteiger partial charge in [0.2, 0.25) is 5.91 Å². The Balaban J connectivity index is 1.34. The molecular weight excluding hydrogens is 354 g/mol. The van der Waals surface area contributed by atoms with Crippen molar-refractivity contribution in [3.63, 3.8) is 0 Å². The van der Waals surface area contributed by atoms with Gasteiger partial charge in [0.25, 0.3) is 5.91 Å². The minimum atomic E-state index is -0.455. The molecule has 0 radical (unpaired) electrons. The smallest absolute Gasteiger partial charge is 0.274 e. The van der Waals surface area contributed by atoms with E-state index in [9.17, 15) is 9.59 Å². The molecule has 1 aromatic heterocycles. The molecular formula is C21H23N5O2. The zero-order valence-electron chi connectivity index (χ0n) is 15.7. The summed E-state index contributed by atoms with van der Waals surface area (Å²) in [5.74, 6) is 0.772. The Morgan fingerprint density at radius 2 is 1.79 bits per heavy atom. The number of anilines is 2. The minimum Gasteiger partial charge on any atom is -0.355 e. The average Bonchev–Trinajstić information content (AvgIpc) is 3.36. The highest BCUT2D eigenvalue weighted by Gasteiger charge is 2.48. The van der Waals surface area contributed by atoms with Crippen LogP contribution in [0.15, 0.2) is 36.7 Å². The van der Waals surface area contributed by atoms with Gasteiger partial charge in [0.15, 0.2) is 0 Å². The number of piperidine rings is 1. The van der Waals surface area contributed by atoms with E-state index in [0.717, 1.165) is 50.0 Å². The van der Waals surface area contributed by atoms with Gasteiger partial charge in [-0.1, -0.05) is 18.2 Å². The van der Waals surface area contributed by atoms with Crippen LogP contribution in [-0.2, 0) is 10.2 Å². The molecule has 2 aromatic rings. The van der Waals surface area contributed by atoms with Gasteiger partial charge >= 0.3 is 0 Å². The molecule has 1 spiro atoms. The van der Waals surface area contributed by atoms with Gasteiger partial charge in [-0.25, -0.2) is 4.98 Å². The molecule has 5 rings (SSSR count). The van der Waals surface area contributed by atoms with Crippen LogP contribution in [0.5, 0.6) is 0 Å².